The van der Waals surface area contributed by atoms with Crippen molar-refractivity contribution in [1.29, 1.82) is 0 Å². The number of Topliss-reactive ketones (excluding diaryl/α,β-unsaturated/α-hetero) is 1. The van der Waals surface area contributed by atoms with Crippen LogP contribution in [-0.2, 0) is 4.79 Å². The van der Waals surface area contributed by atoms with E-state index in [1.165, 1.54) is 6.92 Å². The van der Waals surface area contributed by atoms with E-state index < -0.39 is 18.7 Å². The summed E-state index contributed by atoms with van der Waals surface area (Å²) in [7, 11) is 0. The fourth-order valence-electron chi connectivity index (χ4n) is 0.504. The molecule has 0 aromatic carbocycles. The van der Waals surface area contributed by atoms with Crippen LogP contribution in [0.5, 0.6) is 0 Å². The minimum Gasteiger partial charge on any atom is -0.384 e. The van der Waals surface area contributed by atoms with E-state index in [1.54, 1.807) is 0 Å². The molecule has 5 heteroatoms. The van der Waals surface area contributed by atoms with Crippen LogP contribution in [0.3, 0.4) is 0 Å². The van der Waals surface area contributed by atoms with Crippen LogP contribution >= 0.6 is 0 Å². The van der Waals surface area contributed by atoms with Crippen LogP contribution in [0.25, 0.3) is 0 Å². The normalized spacial score (nSPS) is 14.6. The number of hydrogen-bond donors (Lipinski definition) is 1. The summed E-state index contributed by atoms with van der Waals surface area (Å²) in [5.41, 5.74) is 0. The zero-order valence-electron chi connectivity index (χ0n) is 5.98. The van der Waals surface area contributed by atoms with Gasteiger partial charge in [0.2, 0.25) is 0 Å². The highest BCUT2D eigenvalue weighted by molar-refractivity contribution is 5.75. The lowest BCUT2D eigenvalue weighted by molar-refractivity contribution is -0.205. The molecule has 1 N–H and O–H groups in total. The van der Waals surface area contributed by atoms with Crippen molar-refractivity contribution in [3.8, 4) is 0 Å². The summed E-state index contributed by atoms with van der Waals surface area (Å²) in [5.74, 6) is -0.353. The van der Waals surface area contributed by atoms with Gasteiger partial charge in [-0.25, -0.2) is 0 Å². The Morgan fingerprint density at radius 3 is 2.27 bits per heavy atom. The number of ketones is 1. The second-order valence-corrected chi connectivity index (χ2v) is 2.30. The van der Waals surface area contributed by atoms with Crippen LogP contribution in [0.4, 0.5) is 13.2 Å². The lowest BCUT2D eigenvalue weighted by Gasteiger charge is -2.12. The maximum Gasteiger partial charge on any atom is 0.414 e. The molecule has 0 radical (unpaired) electrons. The summed E-state index contributed by atoms with van der Waals surface area (Å²) >= 11 is 0. The lowest BCUT2D eigenvalue weighted by Crippen LogP contribution is -2.28. The molecule has 66 valence electrons. The summed E-state index contributed by atoms with van der Waals surface area (Å²) in [6, 6.07) is 0. The van der Waals surface area contributed by atoms with Crippen molar-refractivity contribution in [1.82, 2.24) is 0 Å². The third-order valence-electron chi connectivity index (χ3n) is 1.15. The first kappa shape index (κ1) is 10.4. The molecule has 0 aromatic heterocycles. The van der Waals surface area contributed by atoms with Crippen molar-refractivity contribution in [2.45, 2.75) is 32.0 Å². The van der Waals surface area contributed by atoms with E-state index in [2.05, 4.69) is 0 Å². The van der Waals surface area contributed by atoms with Crippen molar-refractivity contribution < 1.29 is 23.1 Å². The van der Waals surface area contributed by atoms with Gasteiger partial charge in [-0.1, -0.05) is 0 Å². The second-order valence-electron chi connectivity index (χ2n) is 2.30. The Labute approximate surface area is 62.0 Å². The first-order valence-corrected chi connectivity index (χ1v) is 3.08. The molecular weight excluding hydrogens is 161 g/mol. The van der Waals surface area contributed by atoms with Gasteiger partial charge in [0.15, 0.2) is 0 Å². The molecule has 0 saturated heterocycles. The Hall–Kier alpha value is -0.580. The number of carbonyl (C=O) groups excluding carboxylic acids is 1. The third kappa shape index (κ3) is 4.78. The molecule has 1 atom stereocenters. The lowest BCUT2D eigenvalue weighted by atomic mass is 10.1. The average Bonchev–Trinajstić information content (AvgIpc) is 1.80. The second kappa shape index (κ2) is 3.71. The summed E-state index contributed by atoms with van der Waals surface area (Å²) in [6.45, 7) is 1.18. The molecule has 0 bridgehead atoms. The minimum absolute atomic E-state index is 0.235. The highest BCUT2D eigenvalue weighted by Gasteiger charge is 2.37. The standard InChI is InChI=1S/C6H9F3O2/c1-4(10)2-3-5(11)6(7,8)9/h5,11H,2-3H2,1H3. The molecule has 0 aromatic rings. The van der Waals surface area contributed by atoms with Crippen molar-refractivity contribution in [2.75, 3.05) is 0 Å². The highest BCUT2D eigenvalue weighted by atomic mass is 19.4. The van der Waals surface area contributed by atoms with Crippen molar-refractivity contribution in [3.63, 3.8) is 0 Å². The maximum absolute atomic E-state index is 11.5. The molecule has 0 heterocycles. The molecule has 2 nitrogen and oxygen atoms in total. The van der Waals surface area contributed by atoms with Gasteiger partial charge in [-0.2, -0.15) is 13.2 Å². The van der Waals surface area contributed by atoms with Crippen LogP contribution in [0.2, 0.25) is 0 Å². The number of hydrogen-bond acceptors (Lipinski definition) is 2. The Morgan fingerprint density at radius 2 is 2.00 bits per heavy atom. The van der Waals surface area contributed by atoms with Gasteiger partial charge >= 0.3 is 6.18 Å². The molecular formula is C6H9F3O2. The fourth-order valence-corrected chi connectivity index (χ4v) is 0.504. The van der Waals surface area contributed by atoms with Gasteiger partial charge in [0.1, 0.15) is 11.9 Å². The van der Waals surface area contributed by atoms with Crippen molar-refractivity contribution >= 4 is 5.78 Å². The Balaban J connectivity index is 3.70. The van der Waals surface area contributed by atoms with Gasteiger partial charge < -0.3 is 9.90 Å². The van der Waals surface area contributed by atoms with Crippen LogP contribution in [0.1, 0.15) is 19.8 Å². The molecule has 0 spiro atoms. The van der Waals surface area contributed by atoms with Crippen LogP contribution in [0.15, 0.2) is 0 Å². The quantitative estimate of drug-likeness (QED) is 0.692. The summed E-state index contributed by atoms with van der Waals surface area (Å²) < 4.78 is 34.6. The third-order valence-corrected chi connectivity index (χ3v) is 1.15. The van der Waals surface area contributed by atoms with Gasteiger partial charge in [0, 0.05) is 6.42 Å². The molecule has 11 heavy (non-hydrogen) atoms. The van der Waals surface area contributed by atoms with E-state index in [9.17, 15) is 18.0 Å². The van der Waals surface area contributed by atoms with E-state index in [-0.39, 0.29) is 12.2 Å². The van der Waals surface area contributed by atoms with E-state index in [0.717, 1.165) is 0 Å². The predicted octanol–water partition coefficient (Wildman–Crippen LogP) is 1.28. The van der Waals surface area contributed by atoms with Gasteiger partial charge in [-0.3, -0.25) is 0 Å². The van der Waals surface area contributed by atoms with Crippen molar-refractivity contribution in [3.05, 3.63) is 0 Å². The highest BCUT2D eigenvalue weighted by Crippen LogP contribution is 2.22. The first-order chi connectivity index (χ1) is 4.84. The molecule has 0 amide bonds. The topological polar surface area (TPSA) is 37.3 Å². The number of aliphatic hydroxyl groups is 1. The zero-order valence-corrected chi connectivity index (χ0v) is 5.98. The van der Waals surface area contributed by atoms with Crippen LogP contribution < -0.4 is 0 Å². The molecule has 1 unspecified atom stereocenters. The molecule has 0 rings (SSSR count). The van der Waals surface area contributed by atoms with Gasteiger partial charge in [0.05, 0.1) is 0 Å². The largest absolute Gasteiger partial charge is 0.414 e. The fraction of sp³-hybridized carbons (Fsp3) is 0.833. The molecule has 0 saturated carbocycles. The first-order valence-electron chi connectivity index (χ1n) is 3.08. The minimum atomic E-state index is -4.60. The Morgan fingerprint density at radius 1 is 1.55 bits per heavy atom. The van der Waals surface area contributed by atoms with E-state index in [1.807, 2.05) is 0 Å². The van der Waals surface area contributed by atoms with Crippen LogP contribution in [-0.4, -0.2) is 23.2 Å². The Kier molecular flexibility index (Phi) is 3.51. The predicted molar refractivity (Wildman–Crippen MR) is 32.0 cm³/mol. The van der Waals surface area contributed by atoms with Gasteiger partial charge in [0.25, 0.3) is 0 Å². The van der Waals surface area contributed by atoms with E-state index >= 15 is 0 Å². The van der Waals surface area contributed by atoms with E-state index in [0.29, 0.717) is 0 Å². The number of carbonyl (C=O) groups is 1. The zero-order chi connectivity index (χ0) is 9.07. The summed E-state index contributed by atoms with van der Waals surface area (Å²) in [5, 5.41) is 8.36. The smallest absolute Gasteiger partial charge is 0.384 e. The number of halogens is 3. The Bertz CT molecular complexity index is 141. The molecule has 0 aliphatic rings. The van der Waals surface area contributed by atoms with Gasteiger partial charge in [-0.15, -0.1) is 0 Å². The van der Waals surface area contributed by atoms with Gasteiger partial charge in [-0.05, 0) is 13.3 Å². The number of rotatable bonds is 3. The average molecular weight is 170 g/mol. The van der Waals surface area contributed by atoms with E-state index in [4.69, 9.17) is 5.11 Å². The number of alkyl halides is 3. The molecule has 0 fully saturated rings. The van der Waals surface area contributed by atoms with Crippen molar-refractivity contribution in [2.24, 2.45) is 0 Å². The number of aliphatic hydroxyl groups excluding tert-OH is 1. The molecule has 0 aliphatic heterocycles. The van der Waals surface area contributed by atoms with Crippen LogP contribution in [0, 0.1) is 0 Å². The maximum atomic E-state index is 11.5. The monoisotopic (exact) mass is 170 g/mol. The molecule has 0 aliphatic carbocycles. The SMILES string of the molecule is CC(=O)CCC(O)C(F)(F)F. The summed E-state index contributed by atoms with van der Waals surface area (Å²) in [4.78, 5) is 10.2. The summed E-state index contributed by atoms with van der Waals surface area (Å²) in [6.07, 6.45) is -7.75.